The molecule has 1 heterocycles. The summed E-state index contributed by atoms with van der Waals surface area (Å²) in [7, 11) is 0. The molecule has 3 rings (SSSR count). The molecule has 0 saturated heterocycles. The van der Waals surface area contributed by atoms with Crippen LogP contribution >= 0.6 is 0 Å². The predicted octanol–water partition coefficient (Wildman–Crippen LogP) is 2.86. The van der Waals surface area contributed by atoms with Crippen LogP contribution in [0.1, 0.15) is 38.7 Å². The van der Waals surface area contributed by atoms with E-state index in [0.29, 0.717) is 6.42 Å². The minimum Gasteiger partial charge on any atom is -0.480 e. The number of carbonyl (C=O) groups excluding carboxylic acids is 1. The molecule has 1 aromatic rings. The van der Waals surface area contributed by atoms with Crippen LogP contribution < -0.4 is 4.90 Å². The number of carboxylic acids is 1. The van der Waals surface area contributed by atoms with Crippen LogP contribution in [0.25, 0.3) is 0 Å². The highest BCUT2D eigenvalue weighted by molar-refractivity contribution is 6.03. The molecule has 0 spiro atoms. The van der Waals surface area contributed by atoms with E-state index in [1.807, 2.05) is 24.3 Å². The number of rotatable bonds is 2. The van der Waals surface area contributed by atoms with Gasteiger partial charge in [-0.1, -0.05) is 38.5 Å². The molecule has 4 nitrogen and oxygen atoms in total. The van der Waals surface area contributed by atoms with Crippen molar-refractivity contribution in [3.63, 3.8) is 0 Å². The first-order valence-electron chi connectivity index (χ1n) is 7.55. The molecule has 1 aliphatic heterocycles. The lowest BCUT2D eigenvalue weighted by molar-refractivity contribution is -0.140. The van der Waals surface area contributed by atoms with Crippen molar-refractivity contribution in [1.29, 1.82) is 0 Å². The monoisotopic (exact) mass is 287 g/mol. The van der Waals surface area contributed by atoms with Crippen LogP contribution in [0.5, 0.6) is 0 Å². The van der Waals surface area contributed by atoms with Gasteiger partial charge in [0.05, 0.1) is 0 Å². The summed E-state index contributed by atoms with van der Waals surface area (Å²) in [5.74, 6) is -1.02. The zero-order valence-corrected chi connectivity index (χ0v) is 12.5. The van der Waals surface area contributed by atoms with Crippen molar-refractivity contribution in [1.82, 2.24) is 0 Å². The molecule has 1 aromatic carbocycles. The molecule has 4 heteroatoms. The Morgan fingerprint density at radius 3 is 2.62 bits per heavy atom. The zero-order chi connectivity index (χ0) is 15.2. The molecule has 1 fully saturated rings. The standard InChI is InChI=1S/C17H21NO3/c1-17(2)9-5-7-12(17)15(19)18-13-8-4-3-6-11(13)10-14(18)16(20)21/h3-4,6,8,12,14H,5,7,9-10H2,1-2H3,(H,20,21)/t12?,14-/m0/s1. The number of nitrogens with zero attached hydrogens (tertiary/aromatic N) is 1. The summed E-state index contributed by atoms with van der Waals surface area (Å²) in [6.45, 7) is 4.22. The molecule has 0 bridgehead atoms. The maximum Gasteiger partial charge on any atom is 0.327 e. The van der Waals surface area contributed by atoms with Gasteiger partial charge in [-0.3, -0.25) is 9.69 Å². The number of hydrogen-bond donors (Lipinski definition) is 1. The molecule has 1 saturated carbocycles. The fourth-order valence-electron chi connectivity index (χ4n) is 3.81. The SMILES string of the molecule is CC1(C)CCCC1C(=O)N1c2ccccc2C[C@H]1C(=O)O. The maximum absolute atomic E-state index is 13.0. The van der Waals surface area contributed by atoms with Crippen LogP contribution in [0.4, 0.5) is 5.69 Å². The Kier molecular flexibility index (Phi) is 3.27. The first kappa shape index (κ1) is 14.1. The summed E-state index contributed by atoms with van der Waals surface area (Å²) in [5, 5.41) is 9.48. The van der Waals surface area contributed by atoms with E-state index in [9.17, 15) is 14.7 Å². The van der Waals surface area contributed by atoms with E-state index in [-0.39, 0.29) is 17.2 Å². The summed E-state index contributed by atoms with van der Waals surface area (Å²) in [4.78, 5) is 26.1. The second kappa shape index (κ2) is 4.86. The van der Waals surface area contributed by atoms with Gasteiger partial charge in [-0.2, -0.15) is 0 Å². The fraction of sp³-hybridized carbons (Fsp3) is 0.529. The number of benzene rings is 1. The molecule has 21 heavy (non-hydrogen) atoms. The van der Waals surface area contributed by atoms with Crippen LogP contribution in [0.3, 0.4) is 0 Å². The van der Waals surface area contributed by atoms with Crippen molar-refractivity contribution in [3.05, 3.63) is 29.8 Å². The number of carbonyl (C=O) groups is 2. The Balaban J connectivity index is 1.98. The third kappa shape index (κ3) is 2.23. The number of hydrogen-bond acceptors (Lipinski definition) is 2. The van der Waals surface area contributed by atoms with Gasteiger partial charge < -0.3 is 5.11 Å². The van der Waals surface area contributed by atoms with Crippen molar-refractivity contribution >= 4 is 17.6 Å². The number of carboxylic acid groups (broad SMARTS) is 1. The van der Waals surface area contributed by atoms with Gasteiger partial charge in [-0.15, -0.1) is 0 Å². The van der Waals surface area contributed by atoms with Gasteiger partial charge in [0.1, 0.15) is 6.04 Å². The first-order chi connectivity index (χ1) is 9.92. The van der Waals surface area contributed by atoms with Gasteiger partial charge in [-0.25, -0.2) is 4.79 Å². The molecule has 1 unspecified atom stereocenters. The highest BCUT2D eigenvalue weighted by Gasteiger charge is 2.46. The fourth-order valence-corrected chi connectivity index (χ4v) is 3.81. The lowest BCUT2D eigenvalue weighted by atomic mass is 9.81. The first-order valence-corrected chi connectivity index (χ1v) is 7.55. The van der Waals surface area contributed by atoms with Crippen LogP contribution in [0, 0.1) is 11.3 Å². The maximum atomic E-state index is 13.0. The third-order valence-corrected chi connectivity index (χ3v) is 5.05. The van der Waals surface area contributed by atoms with Gasteiger partial charge in [0.25, 0.3) is 0 Å². The van der Waals surface area contributed by atoms with Crippen LogP contribution in [0.15, 0.2) is 24.3 Å². The average molecular weight is 287 g/mol. The number of anilines is 1. The molecule has 1 N–H and O–H groups in total. The van der Waals surface area contributed by atoms with Crippen LogP contribution in [0.2, 0.25) is 0 Å². The molecule has 2 aliphatic rings. The summed E-state index contributed by atoms with van der Waals surface area (Å²) < 4.78 is 0. The summed E-state index contributed by atoms with van der Waals surface area (Å²) in [5.41, 5.74) is 1.68. The highest BCUT2D eigenvalue weighted by Crippen LogP contribution is 2.45. The Morgan fingerprint density at radius 2 is 2.00 bits per heavy atom. The number of aliphatic carboxylic acids is 1. The topological polar surface area (TPSA) is 57.6 Å². The smallest absolute Gasteiger partial charge is 0.327 e. The molecule has 1 aliphatic carbocycles. The minimum atomic E-state index is -0.921. The van der Waals surface area contributed by atoms with Gasteiger partial charge >= 0.3 is 5.97 Å². The molecule has 1 amide bonds. The molecule has 0 radical (unpaired) electrons. The average Bonchev–Trinajstić information content (AvgIpc) is 2.98. The molecule has 2 atom stereocenters. The Hall–Kier alpha value is -1.84. The van der Waals surface area contributed by atoms with Crippen molar-refractivity contribution in [2.45, 2.75) is 45.6 Å². The number of para-hydroxylation sites is 1. The number of amides is 1. The van der Waals surface area contributed by atoms with E-state index >= 15 is 0 Å². The quantitative estimate of drug-likeness (QED) is 0.910. The van der Waals surface area contributed by atoms with Crippen molar-refractivity contribution in [2.75, 3.05) is 4.90 Å². The largest absolute Gasteiger partial charge is 0.480 e. The summed E-state index contributed by atoms with van der Waals surface area (Å²) >= 11 is 0. The second-order valence-corrected chi connectivity index (χ2v) is 6.83. The van der Waals surface area contributed by atoms with Gasteiger partial charge in [0.2, 0.25) is 5.91 Å². The Bertz CT molecular complexity index is 593. The van der Waals surface area contributed by atoms with Gasteiger partial charge in [0.15, 0.2) is 0 Å². The highest BCUT2D eigenvalue weighted by atomic mass is 16.4. The Labute approximate surface area is 124 Å². The van der Waals surface area contributed by atoms with E-state index in [1.54, 1.807) is 0 Å². The van der Waals surface area contributed by atoms with E-state index in [0.717, 1.165) is 30.5 Å². The van der Waals surface area contributed by atoms with Crippen LogP contribution in [-0.4, -0.2) is 23.0 Å². The molecular weight excluding hydrogens is 266 g/mol. The van der Waals surface area contributed by atoms with E-state index < -0.39 is 12.0 Å². The van der Waals surface area contributed by atoms with Gasteiger partial charge in [-0.05, 0) is 29.9 Å². The van der Waals surface area contributed by atoms with Crippen molar-refractivity contribution < 1.29 is 14.7 Å². The molecule has 0 aromatic heterocycles. The predicted molar refractivity (Wildman–Crippen MR) is 80.2 cm³/mol. The second-order valence-electron chi connectivity index (χ2n) is 6.83. The van der Waals surface area contributed by atoms with E-state index in [4.69, 9.17) is 0 Å². The number of fused-ring (bicyclic) bond motifs is 1. The third-order valence-electron chi connectivity index (χ3n) is 5.05. The lowest BCUT2D eigenvalue weighted by Crippen LogP contribution is -2.47. The minimum absolute atomic E-state index is 0.0187. The normalized spacial score (nSPS) is 26.7. The molecular formula is C17H21NO3. The Morgan fingerprint density at radius 1 is 1.29 bits per heavy atom. The van der Waals surface area contributed by atoms with E-state index in [1.165, 1.54) is 4.90 Å². The van der Waals surface area contributed by atoms with E-state index in [2.05, 4.69) is 13.8 Å². The van der Waals surface area contributed by atoms with Crippen LogP contribution in [-0.2, 0) is 16.0 Å². The van der Waals surface area contributed by atoms with Gasteiger partial charge in [0, 0.05) is 18.0 Å². The summed E-state index contributed by atoms with van der Waals surface area (Å²) in [6, 6.07) is 6.77. The van der Waals surface area contributed by atoms with Crippen molar-refractivity contribution in [2.24, 2.45) is 11.3 Å². The van der Waals surface area contributed by atoms with Crippen molar-refractivity contribution in [3.8, 4) is 0 Å². The zero-order valence-electron chi connectivity index (χ0n) is 12.5. The summed E-state index contributed by atoms with van der Waals surface area (Å²) in [6.07, 6.45) is 3.33. The molecule has 112 valence electrons. The lowest BCUT2D eigenvalue weighted by Gasteiger charge is -2.32.